The van der Waals surface area contributed by atoms with Gasteiger partial charge in [0.2, 0.25) is 0 Å². The summed E-state index contributed by atoms with van der Waals surface area (Å²) in [7, 11) is 0. The molecule has 2 unspecified atom stereocenters. The van der Waals surface area contributed by atoms with E-state index in [0.717, 1.165) is 12.8 Å². The third kappa shape index (κ3) is 4.54. The number of carbonyl (C=O) groups excluding carboxylic acids is 2. The molecule has 0 aliphatic heterocycles. The van der Waals surface area contributed by atoms with Crippen molar-refractivity contribution in [2.24, 2.45) is 0 Å². The number of aliphatic hydroxyl groups excluding tert-OH is 2. The topological polar surface area (TPSA) is 95.9 Å². The molecular weight excluding hydrogens is 286 g/mol. The van der Waals surface area contributed by atoms with Crippen molar-refractivity contribution in [3.63, 3.8) is 0 Å². The number of esters is 1. The van der Waals surface area contributed by atoms with Crippen LogP contribution in [0, 0.1) is 0 Å². The van der Waals surface area contributed by atoms with E-state index in [1.807, 2.05) is 0 Å². The largest absolute Gasteiger partial charge is 0.466 e. The summed E-state index contributed by atoms with van der Waals surface area (Å²) in [4.78, 5) is 23.1. The molecule has 22 heavy (non-hydrogen) atoms. The molecule has 0 saturated heterocycles. The number of benzene rings is 1. The highest BCUT2D eigenvalue weighted by Gasteiger charge is 2.25. The lowest BCUT2D eigenvalue weighted by Gasteiger charge is -2.17. The Kier molecular flexibility index (Phi) is 5.51. The summed E-state index contributed by atoms with van der Waals surface area (Å²) in [6.45, 7) is 1.90. The Morgan fingerprint density at radius 1 is 1.27 bits per heavy atom. The van der Waals surface area contributed by atoms with Crippen molar-refractivity contribution < 1.29 is 24.5 Å². The minimum absolute atomic E-state index is 0.143. The zero-order chi connectivity index (χ0) is 16.1. The Bertz CT molecular complexity index is 524. The quantitative estimate of drug-likeness (QED) is 0.651. The molecule has 1 amide bonds. The zero-order valence-corrected chi connectivity index (χ0v) is 12.5. The average Bonchev–Trinajstić information content (AvgIpc) is 3.30. The lowest BCUT2D eigenvalue weighted by molar-refractivity contribution is -0.147. The lowest BCUT2D eigenvalue weighted by atomic mass is 10.0. The zero-order valence-electron chi connectivity index (χ0n) is 12.5. The van der Waals surface area contributed by atoms with Gasteiger partial charge in [0.1, 0.15) is 6.10 Å². The van der Waals surface area contributed by atoms with E-state index >= 15 is 0 Å². The molecule has 0 bridgehead atoms. The molecule has 0 heterocycles. The van der Waals surface area contributed by atoms with Crippen LogP contribution in [-0.2, 0) is 9.53 Å². The molecule has 0 radical (unpaired) electrons. The minimum Gasteiger partial charge on any atom is -0.466 e. The summed E-state index contributed by atoms with van der Waals surface area (Å²) in [5.41, 5.74) is 0.947. The van der Waals surface area contributed by atoms with E-state index < -0.39 is 18.2 Å². The van der Waals surface area contributed by atoms with Crippen molar-refractivity contribution in [2.45, 2.75) is 44.4 Å². The molecule has 6 heteroatoms. The monoisotopic (exact) mass is 307 g/mol. The fourth-order valence-corrected chi connectivity index (χ4v) is 2.05. The van der Waals surface area contributed by atoms with Crippen molar-refractivity contribution >= 4 is 11.9 Å². The van der Waals surface area contributed by atoms with Crippen LogP contribution in [-0.4, -0.2) is 40.8 Å². The number of aliphatic hydroxyl groups is 2. The van der Waals surface area contributed by atoms with E-state index in [2.05, 4.69) is 5.32 Å². The number of amides is 1. The minimum atomic E-state index is -1.25. The highest BCUT2D eigenvalue weighted by molar-refractivity contribution is 5.94. The van der Waals surface area contributed by atoms with E-state index in [4.69, 9.17) is 4.74 Å². The Balaban J connectivity index is 1.93. The van der Waals surface area contributed by atoms with Crippen molar-refractivity contribution in [3.8, 4) is 0 Å². The van der Waals surface area contributed by atoms with Crippen LogP contribution < -0.4 is 5.32 Å². The molecule has 0 aromatic heterocycles. The van der Waals surface area contributed by atoms with Gasteiger partial charge in [0, 0.05) is 11.6 Å². The van der Waals surface area contributed by atoms with E-state index in [9.17, 15) is 19.8 Å². The molecule has 1 aromatic carbocycles. The molecule has 1 aliphatic rings. The smallest absolute Gasteiger partial charge is 0.308 e. The van der Waals surface area contributed by atoms with Gasteiger partial charge < -0.3 is 20.3 Å². The molecule has 1 aliphatic carbocycles. The van der Waals surface area contributed by atoms with E-state index in [0.29, 0.717) is 11.1 Å². The standard InChI is InChI=1S/C16H21NO5/c1-2-22-14(19)9-13(18)15(20)10-3-5-11(6-4-10)16(21)17-12-7-8-12/h3-6,12-13,15,18,20H,2,7-9H2,1H3,(H,17,21). The number of carbonyl (C=O) groups is 2. The Labute approximate surface area is 129 Å². The van der Waals surface area contributed by atoms with E-state index in [1.165, 1.54) is 0 Å². The third-order valence-electron chi connectivity index (χ3n) is 3.47. The van der Waals surface area contributed by atoms with Gasteiger partial charge in [0.05, 0.1) is 19.1 Å². The Hall–Kier alpha value is -1.92. The van der Waals surface area contributed by atoms with Crippen LogP contribution in [0.4, 0.5) is 0 Å². The molecule has 3 N–H and O–H groups in total. The van der Waals surface area contributed by atoms with Gasteiger partial charge in [-0.25, -0.2) is 0 Å². The van der Waals surface area contributed by atoms with Gasteiger partial charge in [-0.15, -0.1) is 0 Å². The van der Waals surface area contributed by atoms with Gasteiger partial charge in [-0.05, 0) is 37.5 Å². The first-order valence-corrected chi connectivity index (χ1v) is 7.43. The van der Waals surface area contributed by atoms with Gasteiger partial charge in [-0.1, -0.05) is 12.1 Å². The predicted molar refractivity (Wildman–Crippen MR) is 79.1 cm³/mol. The van der Waals surface area contributed by atoms with Crippen LogP contribution in [0.15, 0.2) is 24.3 Å². The number of ether oxygens (including phenoxy) is 1. The van der Waals surface area contributed by atoms with Gasteiger partial charge in [-0.3, -0.25) is 9.59 Å². The van der Waals surface area contributed by atoms with Gasteiger partial charge in [0.25, 0.3) is 5.91 Å². The molecule has 120 valence electrons. The average molecular weight is 307 g/mol. The van der Waals surface area contributed by atoms with Crippen LogP contribution in [0.5, 0.6) is 0 Å². The number of hydrogen-bond donors (Lipinski definition) is 3. The van der Waals surface area contributed by atoms with Crippen molar-refractivity contribution in [3.05, 3.63) is 35.4 Å². The van der Waals surface area contributed by atoms with Crippen LogP contribution in [0.3, 0.4) is 0 Å². The van der Waals surface area contributed by atoms with Crippen molar-refractivity contribution in [1.29, 1.82) is 0 Å². The number of nitrogens with one attached hydrogen (secondary N) is 1. The SMILES string of the molecule is CCOC(=O)CC(O)C(O)c1ccc(C(=O)NC2CC2)cc1. The fraction of sp³-hybridized carbons (Fsp3) is 0.500. The van der Waals surface area contributed by atoms with Crippen LogP contribution >= 0.6 is 0 Å². The second-order valence-corrected chi connectivity index (χ2v) is 5.39. The first-order chi connectivity index (χ1) is 10.5. The van der Waals surface area contributed by atoms with Crippen molar-refractivity contribution in [2.75, 3.05) is 6.61 Å². The van der Waals surface area contributed by atoms with E-state index in [-0.39, 0.29) is 25.0 Å². The highest BCUT2D eigenvalue weighted by Crippen LogP contribution is 2.21. The second-order valence-electron chi connectivity index (χ2n) is 5.39. The van der Waals surface area contributed by atoms with Crippen molar-refractivity contribution in [1.82, 2.24) is 5.32 Å². The van der Waals surface area contributed by atoms with Crippen LogP contribution in [0.25, 0.3) is 0 Å². The maximum Gasteiger partial charge on any atom is 0.308 e. The molecule has 2 rings (SSSR count). The number of hydrogen-bond acceptors (Lipinski definition) is 5. The third-order valence-corrected chi connectivity index (χ3v) is 3.47. The molecule has 1 fully saturated rings. The molecule has 1 saturated carbocycles. The Morgan fingerprint density at radius 2 is 1.91 bits per heavy atom. The first-order valence-electron chi connectivity index (χ1n) is 7.43. The van der Waals surface area contributed by atoms with E-state index in [1.54, 1.807) is 31.2 Å². The summed E-state index contributed by atoms with van der Waals surface area (Å²) in [6, 6.07) is 6.60. The summed E-state index contributed by atoms with van der Waals surface area (Å²) < 4.78 is 4.73. The molecular formula is C16H21NO5. The fourth-order valence-electron chi connectivity index (χ4n) is 2.05. The second kappa shape index (κ2) is 7.38. The maximum atomic E-state index is 11.8. The Morgan fingerprint density at radius 3 is 2.45 bits per heavy atom. The molecule has 0 spiro atoms. The molecule has 2 atom stereocenters. The van der Waals surface area contributed by atoms with Gasteiger partial charge >= 0.3 is 5.97 Å². The predicted octanol–water partition coefficient (Wildman–Crippen LogP) is 0.926. The van der Waals surface area contributed by atoms with Crippen LogP contribution in [0.1, 0.15) is 48.2 Å². The maximum absolute atomic E-state index is 11.8. The summed E-state index contributed by atoms with van der Waals surface area (Å²) in [6.07, 6.45) is -0.695. The lowest BCUT2D eigenvalue weighted by Crippen LogP contribution is -2.25. The molecule has 6 nitrogen and oxygen atoms in total. The van der Waals surface area contributed by atoms with Gasteiger partial charge in [-0.2, -0.15) is 0 Å². The molecule has 1 aromatic rings. The van der Waals surface area contributed by atoms with Gasteiger partial charge in [0.15, 0.2) is 0 Å². The summed E-state index contributed by atoms with van der Waals surface area (Å²) in [5.74, 6) is -0.704. The summed E-state index contributed by atoms with van der Waals surface area (Å²) >= 11 is 0. The summed E-state index contributed by atoms with van der Waals surface area (Å²) in [5, 5.41) is 22.7. The number of rotatable bonds is 7. The van der Waals surface area contributed by atoms with Crippen LogP contribution in [0.2, 0.25) is 0 Å². The first kappa shape index (κ1) is 16.5. The highest BCUT2D eigenvalue weighted by atomic mass is 16.5. The normalized spacial score (nSPS) is 16.7.